The Kier molecular flexibility index (Phi) is 16.3. The van der Waals surface area contributed by atoms with Crippen molar-refractivity contribution >= 4 is 24.4 Å². The van der Waals surface area contributed by atoms with E-state index in [2.05, 4.69) is 0 Å². The maximum absolute atomic E-state index is 12.5. The minimum Gasteiger partial charge on any atom is -0.461 e. The molecule has 0 bridgehead atoms. The first-order chi connectivity index (χ1) is 19.7. The fraction of sp³-hybridized carbons (Fsp3) is 0.667. The number of hydrogen-bond acceptors (Lipinski definition) is 12. The fourth-order valence-corrected chi connectivity index (χ4v) is 3.49. The number of hydrogen-bond donors (Lipinski definition) is 1. The van der Waals surface area contributed by atoms with Crippen molar-refractivity contribution in [2.45, 2.75) is 118 Å². The molecule has 0 aliphatic carbocycles. The van der Waals surface area contributed by atoms with Crippen LogP contribution in [0.1, 0.15) is 86.6 Å². The van der Waals surface area contributed by atoms with Gasteiger partial charge in [0.05, 0.1) is 0 Å². The van der Waals surface area contributed by atoms with Gasteiger partial charge in [-0.25, -0.2) is 14.4 Å². The summed E-state index contributed by atoms with van der Waals surface area (Å²) in [5.74, 6) is -0.807. The third kappa shape index (κ3) is 14.4. The highest BCUT2D eigenvalue weighted by Crippen LogP contribution is 2.30. The highest BCUT2D eigenvalue weighted by atomic mass is 16.8. The van der Waals surface area contributed by atoms with Crippen molar-refractivity contribution in [3.8, 4) is 11.5 Å². The number of esters is 1. The van der Waals surface area contributed by atoms with Crippen LogP contribution in [0.2, 0.25) is 0 Å². The number of benzene rings is 1. The zero-order valence-electron chi connectivity index (χ0n) is 26.0. The van der Waals surface area contributed by atoms with Crippen LogP contribution in [0.15, 0.2) is 18.2 Å². The summed E-state index contributed by atoms with van der Waals surface area (Å²) in [7, 11) is 0. The molecule has 0 spiro atoms. The van der Waals surface area contributed by atoms with Crippen LogP contribution in [0, 0.1) is 5.92 Å². The zero-order valence-corrected chi connectivity index (χ0v) is 26.0. The molecule has 0 aliphatic heterocycles. The molecular weight excluding hydrogens is 550 g/mol. The van der Waals surface area contributed by atoms with Crippen molar-refractivity contribution < 1.29 is 52.3 Å². The van der Waals surface area contributed by atoms with E-state index >= 15 is 0 Å². The number of rotatable bonds is 16. The van der Waals surface area contributed by atoms with Gasteiger partial charge in [-0.2, -0.15) is 0 Å². The highest BCUT2D eigenvalue weighted by molar-refractivity contribution is 5.76. The van der Waals surface area contributed by atoms with Crippen LogP contribution in [-0.2, 0) is 34.9 Å². The molecule has 0 amide bonds. The molecule has 0 heterocycles. The van der Waals surface area contributed by atoms with E-state index in [1.807, 2.05) is 27.7 Å². The first-order valence-electron chi connectivity index (χ1n) is 14.4. The van der Waals surface area contributed by atoms with Gasteiger partial charge in [-0.1, -0.05) is 46.6 Å². The van der Waals surface area contributed by atoms with Gasteiger partial charge in [-0.05, 0) is 70.6 Å². The van der Waals surface area contributed by atoms with Gasteiger partial charge in [0, 0.05) is 0 Å². The first-order valence-corrected chi connectivity index (χ1v) is 14.4. The van der Waals surface area contributed by atoms with E-state index in [1.165, 1.54) is 12.1 Å². The predicted molar refractivity (Wildman–Crippen MR) is 153 cm³/mol. The van der Waals surface area contributed by atoms with Gasteiger partial charge in [0.2, 0.25) is 0 Å². The second kappa shape index (κ2) is 18.8. The molecule has 12 heteroatoms. The molecule has 0 radical (unpaired) electrons. The van der Waals surface area contributed by atoms with E-state index in [4.69, 9.17) is 38.9 Å². The Hall–Kier alpha value is -3.54. The lowest BCUT2D eigenvalue weighted by atomic mass is 10.1. The molecule has 1 rings (SSSR count). The first kappa shape index (κ1) is 36.5. The fourth-order valence-electron chi connectivity index (χ4n) is 3.49. The predicted octanol–water partition coefficient (Wildman–Crippen LogP) is 6.09. The maximum atomic E-state index is 12.5. The van der Waals surface area contributed by atoms with Crippen molar-refractivity contribution in [2.75, 3.05) is 6.61 Å². The molecule has 238 valence electrons. The SMILES string of the molecule is CCCC(C)OC(=O)Oc1ccc(C[C@H](N)C(=O)OC[C@H](C)OC(=O)OC(C)C(C)C)cc1OC(=O)OC(C)CCC. The maximum Gasteiger partial charge on any atom is 0.514 e. The summed E-state index contributed by atoms with van der Waals surface area (Å²) in [6.45, 7) is 14.3. The third-order valence-corrected chi connectivity index (χ3v) is 6.12. The molecule has 12 nitrogen and oxygen atoms in total. The molecule has 3 unspecified atom stereocenters. The molecule has 0 aliphatic rings. The summed E-state index contributed by atoms with van der Waals surface area (Å²) in [4.78, 5) is 49.1. The Balaban J connectivity index is 2.88. The molecule has 0 fully saturated rings. The number of nitrogens with two attached hydrogens (primary N) is 1. The molecular formula is C30H47NO11. The van der Waals surface area contributed by atoms with Crippen molar-refractivity contribution in [2.24, 2.45) is 11.7 Å². The van der Waals surface area contributed by atoms with Gasteiger partial charge in [0.15, 0.2) is 11.5 Å². The number of carbonyl (C=O) groups is 4. The zero-order chi connectivity index (χ0) is 31.8. The summed E-state index contributed by atoms with van der Waals surface area (Å²) in [5.41, 5.74) is 6.53. The Morgan fingerprint density at radius 1 is 0.714 bits per heavy atom. The Labute approximate surface area is 248 Å². The second-order valence-corrected chi connectivity index (χ2v) is 10.6. The lowest BCUT2D eigenvalue weighted by Gasteiger charge is -2.19. The van der Waals surface area contributed by atoms with Crippen LogP contribution in [0.25, 0.3) is 0 Å². The van der Waals surface area contributed by atoms with Gasteiger partial charge >= 0.3 is 24.4 Å². The van der Waals surface area contributed by atoms with Crippen molar-refractivity contribution in [1.82, 2.24) is 0 Å². The summed E-state index contributed by atoms with van der Waals surface area (Å²) in [6.07, 6.45) is -1.72. The van der Waals surface area contributed by atoms with E-state index in [0.29, 0.717) is 18.4 Å². The Morgan fingerprint density at radius 2 is 1.24 bits per heavy atom. The van der Waals surface area contributed by atoms with Crippen molar-refractivity contribution in [3.05, 3.63) is 23.8 Å². The molecule has 0 saturated carbocycles. The summed E-state index contributed by atoms with van der Waals surface area (Å²) in [6, 6.07) is 3.27. The molecule has 0 saturated heterocycles. The van der Waals surface area contributed by atoms with E-state index in [-0.39, 0.29) is 48.8 Å². The molecule has 1 aromatic carbocycles. The normalized spacial score (nSPS) is 14.5. The van der Waals surface area contributed by atoms with E-state index < -0.39 is 36.6 Å². The highest BCUT2D eigenvalue weighted by Gasteiger charge is 2.23. The van der Waals surface area contributed by atoms with Gasteiger partial charge in [-0.3, -0.25) is 4.79 Å². The standard InChI is InChI=1S/C30H47NO11/c1-9-11-19(5)37-29(34)41-25-14-13-23(16-26(25)42-30(35)38-20(6)12-10-2)15-24(31)27(32)36-17-21(7)39-28(33)40-22(8)18(3)4/h13-14,16,18-22,24H,9-12,15,17,31H2,1-8H3/t19?,20?,21-,22?,24-/m0/s1. The van der Waals surface area contributed by atoms with Gasteiger partial charge in [-0.15, -0.1) is 0 Å². The van der Waals surface area contributed by atoms with E-state index in [0.717, 1.165) is 12.8 Å². The summed E-state index contributed by atoms with van der Waals surface area (Å²) in [5, 5.41) is 0. The average molecular weight is 598 g/mol. The quantitative estimate of drug-likeness (QED) is 0.133. The average Bonchev–Trinajstić information content (AvgIpc) is 2.88. The van der Waals surface area contributed by atoms with Crippen LogP contribution in [-0.4, -0.2) is 61.5 Å². The van der Waals surface area contributed by atoms with Crippen LogP contribution in [0.4, 0.5) is 14.4 Å². The molecule has 1 aromatic rings. The van der Waals surface area contributed by atoms with Crippen LogP contribution in [0.5, 0.6) is 11.5 Å². The second-order valence-electron chi connectivity index (χ2n) is 10.6. The van der Waals surface area contributed by atoms with Crippen LogP contribution in [0.3, 0.4) is 0 Å². The van der Waals surface area contributed by atoms with E-state index in [1.54, 1.807) is 33.8 Å². The lowest BCUT2D eigenvalue weighted by Crippen LogP contribution is -2.36. The number of ether oxygens (including phenoxy) is 7. The smallest absolute Gasteiger partial charge is 0.461 e. The summed E-state index contributed by atoms with van der Waals surface area (Å²) >= 11 is 0. The molecule has 5 atom stereocenters. The van der Waals surface area contributed by atoms with Gasteiger partial charge < -0.3 is 38.9 Å². The lowest BCUT2D eigenvalue weighted by molar-refractivity contribution is -0.148. The van der Waals surface area contributed by atoms with Crippen LogP contribution >= 0.6 is 0 Å². The van der Waals surface area contributed by atoms with Crippen LogP contribution < -0.4 is 15.2 Å². The summed E-state index contributed by atoms with van der Waals surface area (Å²) < 4.78 is 36.5. The van der Waals surface area contributed by atoms with E-state index in [9.17, 15) is 19.2 Å². The minimum atomic E-state index is -1.10. The van der Waals surface area contributed by atoms with Crippen molar-refractivity contribution in [3.63, 3.8) is 0 Å². The van der Waals surface area contributed by atoms with Gasteiger partial charge in [0.25, 0.3) is 0 Å². The monoisotopic (exact) mass is 597 g/mol. The Bertz CT molecular complexity index is 1010. The topological polar surface area (TPSA) is 159 Å². The molecule has 0 aromatic heterocycles. The van der Waals surface area contributed by atoms with Gasteiger partial charge in [0.1, 0.15) is 37.1 Å². The Morgan fingerprint density at radius 3 is 1.76 bits per heavy atom. The molecule has 42 heavy (non-hydrogen) atoms. The minimum absolute atomic E-state index is 0.00206. The van der Waals surface area contributed by atoms with Crippen molar-refractivity contribution in [1.29, 1.82) is 0 Å². The third-order valence-electron chi connectivity index (χ3n) is 6.12. The molecule has 2 N–H and O–H groups in total. The number of carbonyl (C=O) groups excluding carboxylic acids is 4. The largest absolute Gasteiger partial charge is 0.514 e.